The molecule has 1 aliphatic rings. The van der Waals surface area contributed by atoms with Crippen molar-refractivity contribution >= 4 is 40.9 Å². The molecule has 3 rings (SSSR count). The van der Waals surface area contributed by atoms with Crippen LogP contribution < -0.4 is 5.32 Å². The van der Waals surface area contributed by atoms with E-state index in [1.807, 2.05) is 24.3 Å². The molecule has 2 aromatic rings. The lowest BCUT2D eigenvalue weighted by Crippen LogP contribution is -2.36. The predicted octanol–water partition coefficient (Wildman–Crippen LogP) is 0.880. The number of esters is 2. The fraction of sp³-hybridized carbons (Fsp3) is 0.222. The molecule has 0 aliphatic carbocycles. The van der Waals surface area contributed by atoms with Crippen LogP contribution in [0.1, 0.15) is 5.56 Å². The molecule has 0 atom stereocenters. The Kier molecular flexibility index (Phi) is 4.93. The number of hydrogen-bond acceptors (Lipinski definition) is 6. The summed E-state index contributed by atoms with van der Waals surface area (Å²) in [5, 5.41) is 3.24. The number of imide groups is 1. The highest BCUT2D eigenvalue weighted by atomic mass is 16.5. The molecule has 0 saturated carbocycles. The summed E-state index contributed by atoms with van der Waals surface area (Å²) in [6.45, 7) is -0.461. The van der Waals surface area contributed by atoms with Crippen LogP contribution in [0, 0.1) is 0 Å². The minimum Gasteiger partial charge on any atom is -0.468 e. The highest BCUT2D eigenvalue weighted by molar-refractivity contribution is 6.15. The average Bonchev–Trinajstić information content (AvgIpc) is 3.14. The maximum absolute atomic E-state index is 12.4. The standard InChI is InChI=1S/C18H17N3O6/c1-26-15(22)9-20-8-11(12-5-3-4-6-14(12)20)7-13-17(24)21(18(25)19-13)10-16(23)27-2/h3-8H,9-10H2,1-2H3,(H,19,25)/b13-7+. The molecule has 1 fully saturated rings. The van der Waals surface area contributed by atoms with Crippen LogP contribution in [0.3, 0.4) is 0 Å². The van der Waals surface area contributed by atoms with Crippen molar-refractivity contribution < 1.29 is 28.7 Å². The summed E-state index contributed by atoms with van der Waals surface area (Å²) in [5.74, 6) is -1.74. The van der Waals surface area contributed by atoms with Crippen LogP contribution in [0.2, 0.25) is 0 Å². The van der Waals surface area contributed by atoms with Gasteiger partial charge in [0, 0.05) is 22.7 Å². The highest BCUT2D eigenvalue weighted by Gasteiger charge is 2.35. The Morgan fingerprint density at radius 3 is 2.44 bits per heavy atom. The number of nitrogens with one attached hydrogen (secondary N) is 1. The monoisotopic (exact) mass is 371 g/mol. The van der Waals surface area contributed by atoms with Crippen LogP contribution in [0.25, 0.3) is 17.0 Å². The Balaban J connectivity index is 1.96. The van der Waals surface area contributed by atoms with Gasteiger partial charge in [0.25, 0.3) is 5.91 Å². The number of para-hydroxylation sites is 1. The molecular weight excluding hydrogens is 354 g/mol. The first-order chi connectivity index (χ1) is 12.9. The average molecular weight is 371 g/mol. The summed E-state index contributed by atoms with van der Waals surface area (Å²) in [4.78, 5) is 48.2. The van der Waals surface area contributed by atoms with E-state index in [1.54, 1.807) is 10.8 Å². The summed E-state index contributed by atoms with van der Waals surface area (Å²) in [5.41, 5.74) is 1.45. The Morgan fingerprint density at radius 2 is 1.74 bits per heavy atom. The van der Waals surface area contributed by atoms with Crippen LogP contribution in [0.15, 0.2) is 36.2 Å². The smallest absolute Gasteiger partial charge is 0.329 e. The van der Waals surface area contributed by atoms with Gasteiger partial charge in [0.15, 0.2) is 0 Å². The number of rotatable bonds is 5. The molecule has 2 heterocycles. The molecule has 0 unspecified atom stereocenters. The molecule has 0 radical (unpaired) electrons. The molecule has 1 aliphatic heterocycles. The minimum atomic E-state index is -0.700. The zero-order valence-corrected chi connectivity index (χ0v) is 14.7. The minimum absolute atomic E-state index is 0.00889. The highest BCUT2D eigenvalue weighted by Crippen LogP contribution is 2.24. The van der Waals surface area contributed by atoms with Crippen molar-refractivity contribution in [1.29, 1.82) is 0 Å². The van der Waals surface area contributed by atoms with E-state index in [-0.39, 0.29) is 12.2 Å². The first-order valence-corrected chi connectivity index (χ1v) is 8.00. The molecule has 1 saturated heterocycles. The maximum atomic E-state index is 12.4. The van der Waals surface area contributed by atoms with Crippen LogP contribution in [0.5, 0.6) is 0 Å². The molecule has 9 nitrogen and oxygen atoms in total. The van der Waals surface area contributed by atoms with Gasteiger partial charge in [-0.3, -0.25) is 14.4 Å². The number of ether oxygens (including phenoxy) is 2. The van der Waals surface area contributed by atoms with Gasteiger partial charge in [-0.25, -0.2) is 9.69 Å². The summed E-state index contributed by atoms with van der Waals surface area (Å²) in [6.07, 6.45) is 3.20. The fourth-order valence-corrected chi connectivity index (χ4v) is 2.79. The topological polar surface area (TPSA) is 107 Å². The van der Waals surface area contributed by atoms with E-state index in [1.165, 1.54) is 20.3 Å². The summed E-state index contributed by atoms with van der Waals surface area (Å²) in [7, 11) is 2.48. The molecule has 0 spiro atoms. The van der Waals surface area contributed by atoms with Crippen LogP contribution >= 0.6 is 0 Å². The van der Waals surface area contributed by atoms with Gasteiger partial charge in [-0.1, -0.05) is 18.2 Å². The number of carbonyl (C=O) groups is 4. The van der Waals surface area contributed by atoms with E-state index >= 15 is 0 Å². The lowest BCUT2D eigenvalue weighted by molar-refractivity contribution is -0.143. The number of amides is 3. The Hall–Kier alpha value is -3.62. The SMILES string of the molecule is COC(=O)CN1C(=O)N/C(=C/c2cn(CC(=O)OC)c3ccccc23)C1=O. The lowest BCUT2D eigenvalue weighted by Gasteiger charge is -2.08. The van der Waals surface area contributed by atoms with Crippen molar-refractivity contribution in [3.63, 3.8) is 0 Å². The largest absolute Gasteiger partial charge is 0.468 e. The fourth-order valence-electron chi connectivity index (χ4n) is 2.79. The van der Waals surface area contributed by atoms with E-state index in [0.717, 1.165) is 15.8 Å². The number of fused-ring (bicyclic) bond motifs is 1. The molecule has 1 N–H and O–H groups in total. The third-order valence-corrected chi connectivity index (χ3v) is 4.12. The quantitative estimate of drug-likeness (QED) is 0.475. The van der Waals surface area contributed by atoms with Crippen molar-refractivity contribution in [1.82, 2.24) is 14.8 Å². The number of carbonyl (C=O) groups excluding carboxylic acids is 4. The zero-order valence-electron chi connectivity index (χ0n) is 14.7. The molecule has 140 valence electrons. The molecule has 1 aromatic heterocycles. The Bertz CT molecular complexity index is 975. The lowest BCUT2D eigenvalue weighted by atomic mass is 10.1. The molecule has 1 aromatic carbocycles. The number of nitrogens with zero attached hydrogens (tertiary/aromatic N) is 2. The van der Waals surface area contributed by atoms with Gasteiger partial charge in [-0.2, -0.15) is 0 Å². The van der Waals surface area contributed by atoms with E-state index in [0.29, 0.717) is 5.56 Å². The molecule has 9 heteroatoms. The Morgan fingerprint density at radius 1 is 1.07 bits per heavy atom. The normalized spacial score (nSPS) is 15.3. The van der Waals surface area contributed by atoms with E-state index in [9.17, 15) is 19.2 Å². The second-order valence-corrected chi connectivity index (χ2v) is 5.76. The number of methoxy groups -OCH3 is 2. The molecular formula is C18H17N3O6. The van der Waals surface area contributed by atoms with Gasteiger partial charge in [-0.05, 0) is 12.1 Å². The maximum Gasteiger partial charge on any atom is 0.329 e. The molecule has 3 amide bonds. The number of aromatic nitrogens is 1. The van der Waals surface area contributed by atoms with Crippen molar-refractivity contribution in [3.8, 4) is 0 Å². The van der Waals surface area contributed by atoms with Crippen LogP contribution in [0.4, 0.5) is 4.79 Å². The van der Waals surface area contributed by atoms with E-state index in [4.69, 9.17) is 4.74 Å². The number of benzene rings is 1. The van der Waals surface area contributed by atoms with Crippen molar-refractivity contribution in [2.45, 2.75) is 6.54 Å². The predicted molar refractivity (Wildman–Crippen MR) is 94.2 cm³/mol. The van der Waals surface area contributed by atoms with Gasteiger partial charge in [0.1, 0.15) is 18.8 Å². The van der Waals surface area contributed by atoms with Crippen LogP contribution in [-0.4, -0.2) is 54.1 Å². The van der Waals surface area contributed by atoms with E-state index in [2.05, 4.69) is 10.1 Å². The summed E-state index contributed by atoms with van der Waals surface area (Å²) >= 11 is 0. The second-order valence-electron chi connectivity index (χ2n) is 5.76. The zero-order chi connectivity index (χ0) is 19.6. The third-order valence-electron chi connectivity index (χ3n) is 4.12. The molecule has 0 bridgehead atoms. The first-order valence-electron chi connectivity index (χ1n) is 8.00. The second kappa shape index (κ2) is 7.32. The van der Waals surface area contributed by atoms with E-state index < -0.39 is 30.4 Å². The number of hydrogen-bond donors (Lipinski definition) is 1. The van der Waals surface area contributed by atoms with Gasteiger partial charge < -0.3 is 19.4 Å². The molecule has 27 heavy (non-hydrogen) atoms. The van der Waals surface area contributed by atoms with Gasteiger partial charge >= 0.3 is 18.0 Å². The van der Waals surface area contributed by atoms with Gasteiger partial charge in [0.2, 0.25) is 0 Å². The Labute approximate surface area is 154 Å². The van der Waals surface area contributed by atoms with Crippen molar-refractivity contribution in [2.75, 3.05) is 20.8 Å². The van der Waals surface area contributed by atoms with Gasteiger partial charge in [0.05, 0.1) is 14.2 Å². The third kappa shape index (κ3) is 3.52. The van der Waals surface area contributed by atoms with Crippen LogP contribution in [-0.2, 0) is 30.4 Å². The number of urea groups is 1. The summed E-state index contributed by atoms with van der Waals surface area (Å²) in [6, 6.07) is 6.62. The first kappa shape index (κ1) is 18.2. The van der Waals surface area contributed by atoms with Gasteiger partial charge in [-0.15, -0.1) is 0 Å². The summed E-state index contributed by atoms with van der Waals surface area (Å²) < 4.78 is 10.9. The van der Waals surface area contributed by atoms with Crippen molar-refractivity contribution in [2.24, 2.45) is 0 Å². The van der Waals surface area contributed by atoms with Crippen molar-refractivity contribution in [3.05, 3.63) is 41.7 Å².